The molecule has 0 radical (unpaired) electrons. The van der Waals surface area contributed by atoms with Gasteiger partial charge in [0.05, 0.1) is 22.5 Å². The number of anilines is 1. The van der Waals surface area contributed by atoms with Gasteiger partial charge in [0, 0.05) is 26.2 Å². The van der Waals surface area contributed by atoms with E-state index < -0.39 is 0 Å². The van der Waals surface area contributed by atoms with Crippen LogP contribution in [0, 0.1) is 11.8 Å². The lowest BCUT2D eigenvalue weighted by atomic mass is 9.81. The van der Waals surface area contributed by atoms with E-state index in [2.05, 4.69) is 4.90 Å². The van der Waals surface area contributed by atoms with E-state index >= 15 is 0 Å². The Balaban J connectivity index is 1.35. The summed E-state index contributed by atoms with van der Waals surface area (Å²) in [5.41, 5.74) is 0.972. The molecule has 2 unspecified atom stereocenters. The number of benzene rings is 1. The van der Waals surface area contributed by atoms with Crippen molar-refractivity contribution in [3.63, 3.8) is 0 Å². The van der Waals surface area contributed by atoms with Gasteiger partial charge in [-0.15, -0.1) is 0 Å². The highest BCUT2D eigenvalue weighted by Crippen LogP contribution is 2.38. The number of fused-ring (bicyclic) bond motifs is 1. The minimum atomic E-state index is -0.198. The van der Waals surface area contributed by atoms with Gasteiger partial charge in [0.25, 0.3) is 0 Å². The van der Waals surface area contributed by atoms with Crippen LogP contribution in [-0.4, -0.2) is 60.2 Å². The zero-order valence-corrected chi connectivity index (χ0v) is 16.0. The van der Waals surface area contributed by atoms with E-state index in [1.807, 2.05) is 24.3 Å². The quantitative estimate of drug-likeness (QED) is 0.743. The molecular weight excluding hydrogens is 366 g/mol. The fraction of sp³-hybridized carbons (Fsp3) is 0.550. The minimum Gasteiger partial charge on any atom is -0.367 e. The lowest BCUT2D eigenvalue weighted by Gasteiger charge is -2.37. The van der Waals surface area contributed by atoms with Gasteiger partial charge in [-0.25, -0.2) is 0 Å². The number of hydrogen-bond donors (Lipinski definition) is 0. The zero-order valence-electron chi connectivity index (χ0n) is 15.3. The number of rotatable bonds is 3. The number of likely N-dealkylation sites (tertiary alicyclic amines) is 1. The van der Waals surface area contributed by atoms with Gasteiger partial charge in [0.1, 0.15) is 6.54 Å². The molecule has 0 spiro atoms. The summed E-state index contributed by atoms with van der Waals surface area (Å²) in [5, 5.41) is 0.702. The largest absolute Gasteiger partial charge is 0.367 e. The molecule has 0 aromatic heterocycles. The van der Waals surface area contributed by atoms with E-state index in [-0.39, 0.29) is 36.1 Å². The average molecular weight is 390 g/mol. The number of piperazine rings is 1. The third-order valence-electron chi connectivity index (χ3n) is 6.05. The van der Waals surface area contributed by atoms with Crippen molar-refractivity contribution >= 4 is 35.0 Å². The Hall–Kier alpha value is -2.08. The number of imide groups is 1. The molecule has 3 amide bonds. The molecule has 3 aliphatic rings. The monoisotopic (exact) mass is 389 g/mol. The second-order valence-corrected chi connectivity index (χ2v) is 7.99. The van der Waals surface area contributed by atoms with Crippen molar-refractivity contribution in [2.24, 2.45) is 11.8 Å². The standard InChI is InChI=1S/C20H24ClN3O3/c21-16-7-3-4-8-17(16)22-9-11-23(12-10-22)18(25)13-24-19(26)14-5-1-2-6-15(14)20(24)27/h3-4,7-8,14-15H,1-2,5-6,9-13H2. The van der Waals surface area contributed by atoms with Gasteiger partial charge < -0.3 is 9.80 Å². The maximum atomic E-state index is 12.7. The Morgan fingerprint density at radius 1 is 0.963 bits per heavy atom. The molecule has 2 saturated heterocycles. The van der Waals surface area contributed by atoms with Crippen molar-refractivity contribution in [1.82, 2.24) is 9.80 Å². The molecule has 1 aromatic rings. The predicted molar refractivity (Wildman–Crippen MR) is 102 cm³/mol. The molecule has 144 valence electrons. The van der Waals surface area contributed by atoms with Crippen LogP contribution in [0.5, 0.6) is 0 Å². The molecule has 6 nitrogen and oxygen atoms in total. The lowest BCUT2D eigenvalue weighted by Crippen LogP contribution is -2.52. The summed E-state index contributed by atoms with van der Waals surface area (Å²) in [6, 6.07) is 7.68. The minimum absolute atomic E-state index is 0.114. The van der Waals surface area contributed by atoms with E-state index in [0.717, 1.165) is 31.4 Å². The molecule has 2 heterocycles. The van der Waals surface area contributed by atoms with Crippen LogP contribution < -0.4 is 4.90 Å². The summed E-state index contributed by atoms with van der Waals surface area (Å²) < 4.78 is 0. The molecule has 0 N–H and O–H groups in total. The summed E-state index contributed by atoms with van der Waals surface area (Å²) in [5.74, 6) is -0.832. The summed E-state index contributed by atoms with van der Waals surface area (Å²) in [4.78, 5) is 42.9. The lowest BCUT2D eigenvalue weighted by molar-refractivity contribution is -0.146. The fourth-order valence-electron chi connectivity index (χ4n) is 4.53. The second kappa shape index (κ2) is 7.50. The third-order valence-corrected chi connectivity index (χ3v) is 6.37. The Bertz CT molecular complexity index is 737. The maximum absolute atomic E-state index is 12.7. The molecule has 27 heavy (non-hydrogen) atoms. The highest BCUT2D eigenvalue weighted by molar-refractivity contribution is 6.33. The number of halogens is 1. The number of nitrogens with zero attached hydrogens (tertiary/aromatic N) is 3. The summed E-state index contributed by atoms with van der Waals surface area (Å²) in [6.07, 6.45) is 3.53. The normalized spacial score (nSPS) is 25.7. The first-order valence-corrected chi connectivity index (χ1v) is 10.1. The molecule has 0 bridgehead atoms. The predicted octanol–water partition coefficient (Wildman–Crippen LogP) is 2.16. The van der Waals surface area contributed by atoms with Gasteiger partial charge in [0.15, 0.2) is 0 Å². The Labute approximate surface area is 164 Å². The van der Waals surface area contributed by atoms with Gasteiger partial charge in [-0.2, -0.15) is 0 Å². The summed E-state index contributed by atoms with van der Waals surface area (Å²) in [6.45, 7) is 2.38. The first kappa shape index (κ1) is 18.3. The highest BCUT2D eigenvalue weighted by Gasteiger charge is 2.48. The smallest absolute Gasteiger partial charge is 0.242 e. The maximum Gasteiger partial charge on any atom is 0.242 e. The Morgan fingerprint density at radius 2 is 1.56 bits per heavy atom. The number of hydrogen-bond acceptors (Lipinski definition) is 4. The van der Waals surface area contributed by atoms with E-state index in [1.54, 1.807) is 4.90 Å². The van der Waals surface area contributed by atoms with Crippen LogP contribution in [0.3, 0.4) is 0 Å². The Morgan fingerprint density at radius 3 is 2.15 bits per heavy atom. The molecule has 2 atom stereocenters. The number of amides is 3. The van der Waals surface area contributed by atoms with Crippen LogP contribution >= 0.6 is 11.6 Å². The van der Waals surface area contributed by atoms with Crippen LogP contribution in [0.25, 0.3) is 0 Å². The van der Waals surface area contributed by atoms with Crippen molar-refractivity contribution in [2.45, 2.75) is 25.7 Å². The number of carbonyl (C=O) groups excluding carboxylic acids is 3. The highest BCUT2D eigenvalue weighted by atomic mass is 35.5. The molecule has 2 aliphatic heterocycles. The van der Waals surface area contributed by atoms with E-state index in [9.17, 15) is 14.4 Å². The third kappa shape index (κ3) is 3.43. The molecular formula is C20H24ClN3O3. The second-order valence-electron chi connectivity index (χ2n) is 7.58. The molecule has 1 aliphatic carbocycles. The van der Waals surface area contributed by atoms with E-state index in [0.29, 0.717) is 31.2 Å². The van der Waals surface area contributed by atoms with Gasteiger partial charge >= 0.3 is 0 Å². The van der Waals surface area contributed by atoms with Crippen molar-refractivity contribution in [3.8, 4) is 0 Å². The molecule has 1 saturated carbocycles. The van der Waals surface area contributed by atoms with Crippen LogP contribution in [0.2, 0.25) is 5.02 Å². The SMILES string of the molecule is O=C(CN1C(=O)C2CCCCC2C1=O)N1CCN(c2ccccc2Cl)CC1. The first-order chi connectivity index (χ1) is 13.1. The number of para-hydroxylation sites is 1. The zero-order chi connectivity index (χ0) is 19.0. The number of carbonyl (C=O) groups is 3. The summed E-state index contributed by atoms with van der Waals surface area (Å²) in [7, 11) is 0. The molecule has 3 fully saturated rings. The topological polar surface area (TPSA) is 60.9 Å². The molecule has 4 rings (SSSR count). The van der Waals surface area contributed by atoms with Crippen molar-refractivity contribution in [3.05, 3.63) is 29.3 Å². The van der Waals surface area contributed by atoms with Crippen LogP contribution in [-0.2, 0) is 14.4 Å². The van der Waals surface area contributed by atoms with Gasteiger partial charge in [-0.05, 0) is 25.0 Å². The van der Waals surface area contributed by atoms with Gasteiger partial charge in [-0.1, -0.05) is 36.6 Å². The van der Waals surface area contributed by atoms with E-state index in [4.69, 9.17) is 11.6 Å². The average Bonchev–Trinajstić information content (AvgIpc) is 2.94. The van der Waals surface area contributed by atoms with Gasteiger partial charge in [-0.3, -0.25) is 19.3 Å². The van der Waals surface area contributed by atoms with E-state index in [1.165, 1.54) is 4.90 Å². The molecule has 1 aromatic carbocycles. The van der Waals surface area contributed by atoms with Crippen molar-refractivity contribution in [2.75, 3.05) is 37.6 Å². The van der Waals surface area contributed by atoms with Crippen LogP contribution in [0.1, 0.15) is 25.7 Å². The fourth-order valence-corrected chi connectivity index (χ4v) is 4.78. The summed E-state index contributed by atoms with van der Waals surface area (Å²) >= 11 is 6.26. The van der Waals surface area contributed by atoms with Gasteiger partial charge in [0.2, 0.25) is 17.7 Å². The van der Waals surface area contributed by atoms with Crippen molar-refractivity contribution < 1.29 is 14.4 Å². The first-order valence-electron chi connectivity index (χ1n) is 9.69. The Kier molecular flexibility index (Phi) is 5.08. The van der Waals surface area contributed by atoms with Crippen molar-refractivity contribution in [1.29, 1.82) is 0 Å². The van der Waals surface area contributed by atoms with Crippen LogP contribution in [0.4, 0.5) is 5.69 Å². The van der Waals surface area contributed by atoms with Crippen LogP contribution in [0.15, 0.2) is 24.3 Å². The molecule has 7 heteroatoms.